The summed E-state index contributed by atoms with van der Waals surface area (Å²) in [4.78, 5) is 14.4. The third-order valence-corrected chi connectivity index (χ3v) is 5.58. The molecule has 1 aliphatic heterocycles. The number of nitriles is 1. The van der Waals surface area contributed by atoms with E-state index in [0.29, 0.717) is 25.2 Å². The monoisotopic (exact) mass is 419 g/mol. The number of likely N-dealkylation sites (tertiary alicyclic amines) is 1. The van der Waals surface area contributed by atoms with Crippen molar-refractivity contribution in [2.75, 3.05) is 19.7 Å². The van der Waals surface area contributed by atoms with Crippen LogP contribution in [0, 0.1) is 17.4 Å². The molecule has 4 rings (SSSR count). The molecule has 0 saturated carbocycles. The van der Waals surface area contributed by atoms with Crippen LogP contribution >= 0.6 is 0 Å². The van der Waals surface area contributed by atoms with E-state index in [9.17, 15) is 9.90 Å². The van der Waals surface area contributed by atoms with Crippen LogP contribution in [0.5, 0.6) is 5.75 Å². The number of benzene rings is 1. The third kappa shape index (κ3) is 4.78. The van der Waals surface area contributed by atoms with E-state index < -0.39 is 0 Å². The van der Waals surface area contributed by atoms with Crippen molar-refractivity contribution in [3.8, 4) is 11.9 Å². The lowest BCUT2D eigenvalue weighted by atomic mass is 10.00. The maximum absolute atomic E-state index is 12.8. The number of aliphatic hydroxyl groups excluding tert-OH is 1. The average molecular weight is 419 g/mol. The summed E-state index contributed by atoms with van der Waals surface area (Å²) >= 11 is 0. The maximum Gasteiger partial charge on any atom is 0.272 e. The molecule has 8 nitrogen and oxygen atoms in total. The number of aromatic nitrogens is 2. The Balaban J connectivity index is 1.46. The summed E-state index contributed by atoms with van der Waals surface area (Å²) in [6, 6.07) is 11.1. The normalized spacial score (nSPS) is 20.6. The molecule has 0 spiro atoms. The maximum atomic E-state index is 12.8. The van der Waals surface area contributed by atoms with E-state index in [-0.39, 0.29) is 30.2 Å². The highest BCUT2D eigenvalue weighted by Crippen LogP contribution is 2.30. The Hall–Kier alpha value is -3.57. The SMILES string of the molecule is N#CN1CC(CCO)[C@H](NC(=O)c2cc(C3=CCCC=C3Oc3ccccc3)[nH]n2)C1. The number of hydrogen-bond donors (Lipinski definition) is 3. The highest BCUT2D eigenvalue weighted by atomic mass is 16.5. The van der Waals surface area contributed by atoms with Crippen molar-refractivity contribution >= 4 is 11.5 Å². The molecule has 1 fully saturated rings. The van der Waals surface area contributed by atoms with Gasteiger partial charge in [-0.2, -0.15) is 10.4 Å². The van der Waals surface area contributed by atoms with Crippen molar-refractivity contribution in [2.24, 2.45) is 5.92 Å². The van der Waals surface area contributed by atoms with Crippen LogP contribution < -0.4 is 10.1 Å². The number of hydrogen-bond acceptors (Lipinski definition) is 6. The number of nitrogens with one attached hydrogen (secondary N) is 2. The van der Waals surface area contributed by atoms with E-state index in [4.69, 9.17) is 10.00 Å². The second kappa shape index (κ2) is 9.49. The Morgan fingerprint density at radius 1 is 1.29 bits per heavy atom. The van der Waals surface area contributed by atoms with Gasteiger partial charge in [-0.1, -0.05) is 24.3 Å². The fraction of sp³-hybridized carbons (Fsp3) is 0.348. The Morgan fingerprint density at radius 2 is 2.10 bits per heavy atom. The Labute approximate surface area is 180 Å². The molecule has 8 heteroatoms. The van der Waals surface area contributed by atoms with Crippen LogP contribution in [0.2, 0.25) is 0 Å². The average Bonchev–Trinajstić information content (AvgIpc) is 3.43. The lowest BCUT2D eigenvalue weighted by molar-refractivity contribution is 0.0921. The van der Waals surface area contributed by atoms with Crippen molar-refractivity contribution in [3.05, 3.63) is 65.7 Å². The van der Waals surface area contributed by atoms with Gasteiger partial charge in [0, 0.05) is 31.2 Å². The van der Waals surface area contributed by atoms with Gasteiger partial charge < -0.3 is 20.1 Å². The molecule has 1 saturated heterocycles. The summed E-state index contributed by atoms with van der Waals surface area (Å²) in [6.45, 7) is 0.992. The number of aliphatic hydroxyl groups is 1. The van der Waals surface area contributed by atoms with Gasteiger partial charge in [0.1, 0.15) is 11.5 Å². The summed E-state index contributed by atoms with van der Waals surface area (Å²) in [5.41, 5.74) is 1.86. The van der Waals surface area contributed by atoms with Gasteiger partial charge in [-0.3, -0.25) is 9.89 Å². The van der Waals surface area contributed by atoms with Gasteiger partial charge in [0.25, 0.3) is 5.91 Å². The minimum Gasteiger partial charge on any atom is -0.457 e. The number of H-pyrrole nitrogens is 1. The molecule has 31 heavy (non-hydrogen) atoms. The quantitative estimate of drug-likeness (QED) is 0.594. The molecule has 2 atom stereocenters. The number of aromatic amines is 1. The predicted octanol–water partition coefficient (Wildman–Crippen LogP) is 2.44. The number of carbonyl (C=O) groups excluding carboxylic acids is 1. The zero-order valence-electron chi connectivity index (χ0n) is 17.1. The molecule has 2 aromatic rings. The zero-order chi connectivity index (χ0) is 21.6. The molecule has 1 aromatic heterocycles. The number of rotatable bonds is 7. The van der Waals surface area contributed by atoms with Crippen LogP contribution in [0.3, 0.4) is 0 Å². The van der Waals surface area contributed by atoms with E-state index in [1.165, 1.54) is 0 Å². The summed E-state index contributed by atoms with van der Waals surface area (Å²) in [5.74, 6) is 1.21. The lowest BCUT2D eigenvalue weighted by Crippen LogP contribution is -2.40. The summed E-state index contributed by atoms with van der Waals surface area (Å²) in [5, 5.41) is 28.6. The third-order valence-electron chi connectivity index (χ3n) is 5.58. The van der Waals surface area contributed by atoms with E-state index in [2.05, 4.69) is 27.8 Å². The minimum absolute atomic E-state index is 0.0214. The standard InChI is InChI=1S/C23H25N5O3/c24-15-28-13-16(10-11-29)21(14-28)25-23(30)20-12-19(26-27-20)18-8-4-5-9-22(18)31-17-6-2-1-3-7-17/h1-3,6-9,12,16,21,29H,4-5,10-11,13-14H2,(H,25,30)(H,26,27)/t16?,21-/m1/s1. The molecule has 1 amide bonds. The number of amides is 1. The largest absolute Gasteiger partial charge is 0.457 e. The minimum atomic E-state index is -0.304. The van der Waals surface area contributed by atoms with Crippen LogP contribution in [0.4, 0.5) is 0 Å². The van der Waals surface area contributed by atoms with Gasteiger partial charge in [0.05, 0.1) is 11.7 Å². The number of para-hydroxylation sites is 1. The van der Waals surface area contributed by atoms with Crippen LogP contribution in [-0.2, 0) is 0 Å². The van der Waals surface area contributed by atoms with E-state index in [1.807, 2.05) is 36.4 Å². The lowest BCUT2D eigenvalue weighted by Gasteiger charge is -2.17. The van der Waals surface area contributed by atoms with E-state index in [1.54, 1.807) is 11.0 Å². The van der Waals surface area contributed by atoms with Gasteiger partial charge in [0.2, 0.25) is 0 Å². The second-order valence-electron chi connectivity index (χ2n) is 7.70. The molecule has 1 aliphatic carbocycles. The van der Waals surface area contributed by atoms with E-state index in [0.717, 1.165) is 29.9 Å². The first-order chi connectivity index (χ1) is 15.2. The molecule has 2 heterocycles. The van der Waals surface area contributed by atoms with E-state index >= 15 is 0 Å². The van der Waals surface area contributed by atoms with Gasteiger partial charge in [0.15, 0.2) is 11.9 Å². The molecular weight excluding hydrogens is 394 g/mol. The molecule has 2 aliphatic rings. The summed E-state index contributed by atoms with van der Waals surface area (Å²) in [6.07, 6.45) is 8.53. The predicted molar refractivity (Wildman–Crippen MR) is 115 cm³/mol. The highest BCUT2D eigenvalue weighted by Gasteiger charge is 2.33. The summed E-state index contributed by atoms with van der Waals surface area (Å²) < 4.78 is 6.05. The number of ether oxygens (including phenoxy) is 1. The topological polar surface area (TPSA) is 114 Å². The molecular formula is C23H25N5O3. The van der Waals surface area contributed by atoms with Crippen molar-refractivity contribution in [1.82, 2.24) is 20.4 Å². The zero-order valence-corrected chi connectivity index (χ0v) is 17.1. The first kappa shape index (κ1) is 20.7. The Morgan fingerprint density at radius 3 is 2.87 bits per heavy atom. The number of allylic oxidation sites excluding steroid dienone is 3. The van der Waals surface area contributed by atoms with Crippen molar-refractivity contribution in [1.29, 1.82) is 5.26 Å². The second-order valence-corrected chi connectivity index (χ2v) is 7.70. The fourth-order valence-electron chi connectivity index (χ4n) is 4.00. The fourth-order valence-corrected chi connectivity index (χ4v) is 4.00. The van der Waals surface area contributed by atoms with Gasteiger partial charge in [-0.15, -0.1) is 0 Å². The molecule has 0 radical (unpaired) electrons. The molecule has 1 unspecified atom stereocenters. The molecule has 0 bridgehead atoms. The van der Waals surface area contributed by atoms with Crippen LogP contribution in [-0.4, -0.2) is 51.8 Å². The smallest absolute Gasteiger partial charge is 0.272 e. The van der Waals surface area contributed by atoms with Crippen molar-refractivity contribution in [3.63, 3.8) is 0 Å². The van der Waals surface area contributed by atoms with Crippen molar-refractivity contribution in [2.45, 2.75) is 25.3 Å². The first-order valence-electron chi connectivity index (χ1n) is 10.4. The molecule has 1 aromatic carbocycles. The van der Waals surface area contributed by atoms with Gasteiger partial charge >= 0.3 is 0 Å². The number of carbonyl (C=O) groups is 1. The highest BCUT2D eigenvalue weighted by molar-refractivity contribution is 5.93. The van der Waals surface area contributed by atoms with Crippen LogP contribution in [0.25, 0.3) is 5.57 Å². The van der Waals surface area contributed by atoms with Gasteiger partial charge in [-0.05, 0) is 43.5 Å². The van der Waals surface area contributed by atoms with Gasteiger partial charge in [-0.25, -0.2) is 0 Å². The number of nitrogens with zero attached hydrogens (tertiary/aromatic N) is 3. The Bertz CT molecular complexity index is 1020. The summed E-state index contributed by atoms with van der Waals surface area (Å²) in [7, 11) is 0. The molecule has 160 valence electrons. The first-order valence-corrected chi connectivity index (χ1v) is 10.4. The Kier molecular flexibility index (Phi) is 6.34. The molecule has 3 N–H and O–H groups in total. The van der Waals surface area contributed by atoms with Crippen molar-refractivity contribution < 1.29 is 14.6 Å². The van der Waals surface area contributed by atoms with Crippen LogP contribution in [0.15, 0.2) is 54.3 Å². The van der Waals surface area contributed by atoms with Crippen LogP contribution in [0.1, 0.15) is 35.4 Å².